The fourth-order valence-electron chi connectivity index (χ4n) is 4.99. The van der Waals surface area contributed by atoms with Gasteiger partial charge in [0, 0.05) is 25.2 Å². The van der Waals surface area contributed by atoms with Crippen LogP contribution in [0.15, 0.2) is 12.1 Å². The van der Waals surface area contributed by atoms with Gasteiger partial charge in [-0.2, -0.15) is 0 Å². The van der Waals surface area contributed by atoms with Crippen molar-refractivity contribution >= 4 is 29.2 Å². The number of morpholine rings is 1. The highest BCUT2D eigenvalue weighted by Crippen LogP contribution is 2.40. The van der Waals surface area contributed by atoms with Gasteiger partial charge in [-0.3, -0.25) is 14.5 Å². The molecule has 2 saturated heterocycles. The summed E-state index contributed by atoms with van der Waals surface area (Å²) < 4.78 is 17.2. The molecular weight excluding hydrogens is 452 g/mol. The fourth-order valence-corrected chi connectivity index (χ4v) is 4.99. The molecular formula is C25H36N4O6. The van der Waals surface area contributed by atoms with Crippen molar-refractivity contribution in [2.24, 2.45) is 5.92 Å². The third kappa shape index (κ3) is 5.32. The molecule has 4 amide bonds. The van der Waals surface area contributed by atoms with Crippen molar-refractivity contribution in [2.75, 3.05) is 56.3 Å². The molecule has 1 aromatic rings. The summed E-state index contributed by atoms with van der Waals surface area (Å²) in [5, 5.41) is 5.69. The lowest BCUT2D eigenvalue weighted by Crippen LogP contribution is -2.49. The molecule has 3 aliphatic rings. The summed E-state index contributed by atoms with van der Waals surface area (Å²) in [6.45, 7) is 9.13. The highest BCUT2D eigenvalue weighted by molar-refractivity contribution is 6.10. The van der Waals surface area contributed by atoms with Gasteiger partial charge >= 0.3 is 6.03 Å². The molecule has 1 spiro atoms. The number of urea groups is 1. The minimum absolute atomic E-state index is 0.313. The van der Waals surface area contributed by atoms with Crippen LogP contribution < -0.4 is 25.0 Å². The van der Waals surface area contributed by atoms with E-state index < -0.39 is 17.5 Å². The molecule has 2 N–H and O–H groups in total. The lowest BCUT2D eigenvalue weighted by molar-refractivity contribution is -0.135. The number of hydrogen-bond donors (Lipinski definition) is 2. The maximum Gasteiger partial charge on any atom is 0.325 e. The second kappa shape index (κ2) is 10.7. The van der Waals surface area contributed by atoms with Gasteiger partial charge in [-0.15, -0.1) is 0 Å². The zero-order valence-corrected chi connectivity index (χ0v) is 20.9. The maximum absolute atomic E-state index is 13.1. The van der Waals surface area contributed by atoms with E-state index in [0.29, 0.717) is 62.4 Å². The van der Waals surface area contributed by atoms with E-state index in [0.717, 1.165) is 36.5 Å². The first kappa shape index (κ1) is 25.1. The Kier molecular flexibility index (Phi) is 7.69. The third-order valence-electron chi connectivity index (χ3n) is 6.96. The summed E-state index contributed by atoms with van der Waals surface area (Å²) in [6, 6.07) is 3.09. The number of anilines is 2. The van der Waals surface area contributed by atoms with E-state index in [-0.39, 0.29) is 12.5 Å². The Morgan fingerprint density at radius 3 is 2.43 bits per heavy atom. The number of amides is 4. The summed E-state index contributed by atoms with van der Waals surface area (Å²) in [5.41, 5.74) is 0.437. The monoisotopic (exact) mass is 488 g/mol. The molecule has 1 saturated carbocycles. The van der Waals surface area contributed by atoms with Crippen LogP contribution >= 0.6 is 0 Å². The molecule has 192 valence electrons. The van der Waals surface area contributed by atoms with E-state index in [1.165, 1.54) is 0 Å². The van der Waals surface area contributed by atoms with Crippen molar-refractivity contribution in [3.63, 3.8) is 0 Å². The molecule has 0 radical (unpaired) electrons. The third-order valence-corrected chi connectivity index (χ3v) is 6.96. The largest absolute Gasteiger partial charge is 0.492 e. The summed E-state index contributed by atoms with van der Waals surface area (Å²) in [6.07, 6.45) is 2.96. The predicted octanol–water partition coefficient (Wildman–Crippen LogP) is 2.76. The van der Waals surface area contributed by atoms with Crippen LogP contribution in [0.3, 0.4) is 0 Å². The van der Waals surface area contributed by atoms with E-state index in [1.807, 2.05) is 19.9 Å². The number of carbonyl (C=O) groups is 3. The number of nitrogens with one attached hydrogen (secondary N) is 2. The van der Waals surface area contributed by atoms with Gasteiger partial charge in [-0.25, -0.2) is 4.79 Å². The van der Waals surface area contributed by atoms with Crippen molar-refractivity contribution in [2.45, 2.75) is 52.0 Å². The zero-order chi connectivity index (χ0) is 25.0. The quantitative estimate of drug-likeness (QED) is 0.542. The highest BCUT2D eigenvalue weighted by atomic mass is 16.5. The topological polar surface area (TPSA) is 109 Å². The van der Waals surface area contributed by atoms with Gasteiger partial charge in [-0.1, -0.05) is 6.92 Å². The van der Waals surface area contributed by atoms with Crippen LogP contribution in [0.4, 0.5) is 16.2 Å². The van der Waals surface area contributed by atoms with Crippen LogP contribution in [0.25, 0.3) is 0 Å². The lowest BCUT2D eigenvalue weighted by atomic mass is 9.77. The smallest absolute Gasteiger partial charge is 0.325 e. The lowest BCUT2D eigenvalue weighted by Gasteiger charge is -2.33. The zero-order valence-electron chi connectivity index (χ0n) is 20.9. The van der Waals surface area contributed by atoms with Crippen molar-refractivity contribution in [1.82, 2.24) is 10.2 Å². The molecule has 35 heavy (non-hydrogen) atoms. The summed E-state index contributed by atoms with van der Waals surface area (Å²) >= 11 is 0. The van der Waals surface area contributed by atoms with E-state index in [2.05, 4.69) is 22.5 Å². The first-order chi connectivity index (χ1) is 16.9. The maximum atomic E-state index is 13.1. The second-order valence-electron chi connectivity index (χ2n) is 9.42. The number of nitrogens with zero attached hydrogens (tertiary/aromatic N) is 2. The first-order valence-electron chi connectivity index (χ1n) is 12.6. The summed E-state index contributed by atoms with van der Waals surface area (Å²) in [5.74, 6) is 0.864. The number of imide groups is 1. The highest BCUT2D eigenvalue weighted by Gasteiger charge is 2.52. The molecule has 0 unspecified atom stereocenters. The van der Waals surface area contributed by atoms with Crippen LogP contribution in [0.1, 0.15) is 46.5 Å². The van der Waals surface area contributed by atoms with Crippen molar-refractivity contribution in [3.05, 3.63) is 12.1 Å². The molecule has 10 heteroatoms. The molecule has 1 aliphatic carbocycles. The van der Waals surface area contributed by atoms with Crippen molar-refractivity contribution < 1.29 is 28.6 Å². The molecule has 4 rings (SSSR count). The van der Waals surface area contributed by atoms with Crippen molar-refractivity contribution in [3.8, 4) is 11.5 Å². The molecule has 2 aliphatic heterocycles. The Labute approximate surface area is 206 Å². The van der Waals surface area contributed by atoms with Gasteiger partial charge in [0.05, 0.1) is 37.8 Å². The Morgan fingerprint density at radius 1 is 1.11 bits per heavy atom. The Hall–Kier alpha value is -3.01. The fraction of sp³-hybridized carbons (Fsp3) is 0.640. The SMILES string of the molecule is CCOc1cc(N2CCOCC2)c(OCC)cc1NC(=O)CN1C(=O)NC2(CCC(C)CC2)C1=O. The van der Waals surface area contributed by atoms with E-state index in [9.17, 15) is 14.4 Å². The molecule has 10 nitrogen and oxygen atoms in total. The Bertz CT molecular complexity index is 954. The number of hydrogen-bond acceptors (Lipinski definition) is 7. The van der Waals surface area contributed by atoms with Crippen LogP contribution in [-0.4, -0.2) is 74.3 Å². The van der Waals surface area contributed by atoms with Crippen LogP contribution in [0, 0.1) is 5.92 Å². The first-order valence-corrected chi connectivity index (χ1v) is 12.6. The van der Waals surface area contributed by atoms with Gasteiger partial charge in [0.1, 0.15) is 23.6 Å². The Balaban J connectivity index is 1.51. The molecule has 2 heterocycles. The number of rotatable bonds is 8. The van der Waals surface area contributed by atoms with E-state index in [1.54, 1.807) is 6.07 Å². The normalized spacial score (nSPS) is 24.5. The van der Waals surface area contributed by atoms with Gasteiger partial charge in [-0.05, 0) is 45.4 Å². The molecule has 1 aromatic carbocycles. The van der Waals surface area contributed by atoms with Crippen molar-refractivity contribution in [1.29, 1.82) is 0 Å². The van der Waals surface area contributed by atoms with E-state index >= 15 is 0 Å². The summed E-state index contributed by atoms with van der Waals surface area (Å²) in [7, 11) is 0. The second-order valence-corrected chi connectivity index (χ2v) is 9.42. The summed E-state index contributed by atoms with van der Waals surface area (Å²) in [4.78, 5) is 41.9. The van der Waals surface area contributed by atoms with E-state index in [4.69, 9.17) is 14.2 Å². The number of carbonyl (C=O) groups excluding carboxylic acids is 3. The van der Waals surface area contributed by atoms with Gasteiger partial charge in [0.25, 0.3) is 5.91 Å². The van der Waals surface area contributed by atoms with Crippen LogP contribution in [0.2, 0.25) is 0 Å². The minimum Gasteiger partial charge on any atom is -0.492 e. The molecule has 0 bridgehead atoms. The Morgan fingerprint density at radius 2 is 1.77 bits per heavy atom. The molecule has 0 aromatic heterocycles. The number of ether oxygens (including phenoxy) is 3. The van der Waals surface area contributed by atoms with Crippen LogP contribution in [-0.2, 0) is 14.3 Å². The average molecular weight is 489 g/mol. The number of benzene rings is 1. The van der Waals surface area contributed by atoms with Gasteiger partial charge in [0.2, 0.25) is 5.91 Å². The van der Waals surface area contributed by atoms with Crippen LogP contribution in [0.5, 0.6) is 11.5 Å². The molecule has 0 atom stereocenters. The average Bonchev–Trinajstić information content (AvgIpc) is 3.07. The van der Waals surface area contributed by atoms with Gasteiger partial charge < -0.3 is 29.7 Å². The molecule has 3 fully saturated rings. The minimum atomic E-state index is -0.873. The predicted molar refractivity (Wildman–Crippen MR) is 131 cm³/mol. The van der Waals surface area contributed by atoms with Gasteiger partial charge in [0.15, 0.2) is 0 Å². The standard InChI is InChI=1S/C25H36N4O6/c1-4-34-20-15-19(28-10-12-33-13-11-28)21(35-5-2)14-18(20)26-22(30)16-29-23(31)25(27-24(29)32)8-6-17(3)7-9-25/h14-15,17H,4-13,16H2,1-3H3,(H,26,30)(H,27,32).